The van der Waals surface area contributed by atoms with Gasteiger partial charge in [-0.05, 0) is 86.4 Å². The van der Waals surface area contributed by atoms with E-state index >= 15 is 0 Å². The Hall–Kier alpha value is -4.30. The van der Waals surface area contributed by atoms with E-state index in [1.807, 2.05) is 55.5 Å². The van der Waals surface area contributed by atoms with Gasteiger partial charge in [0.25, 0.3) is 5.91 Å². The number of pyridine rings is 1. The smallest absolute Gasteiger partial charge is 0.262 e. The third-order valence-electron chi connectivity index (χ3n) is 6.53. The van der Waals surface area contributed by atoms with E-state index in [2.05, 4.69) is 42.6 Å². The molecule has 0 bridgehead atoms. The number of aryl methyl sites for hydroxylation is 1. The average Bonchev–Trinajstić information content (AvgIpc) is 2.96. The highest BCUT2D eigenvalue weighted by atomic mass is 16.5. The molecule has 5 rings (SSSR count). The quantitative estimate of drug-likeness (QED) is 0.304. The summed E-state index contributed by atoms with van der Waals surface area (Å²) in [5, 5.41) is 6.17. The van der Waals surface area contributed by atoms with Crippen molar-refractivity contribution in [2.75, 3.05) is 30.3 Å². The van der Waals surface area contributed by atoms with Crippen molar-refractivity contribution in [3.05, 3.63) is 90.4 Å². The van der Waals surface area contributed by atoms with Gasteiger partial charge in [-0.3, -0.25) is 14.7 Å². The third kappa shape index (κ3) is 6.92. The normalized spacial score (nSPS) is 13.6. The summed E-state index contributed by atoms with van der Waals surface area (Å²) >= 11 is 0. The molecule has 0 aliphatic carbocycles. The third-order valence-corrected chi connectivity index (χ3v) is 6.53. The monoisotopic (exact) mass is 508 g/mol. The molecule has 0 spiro atoms. The highest BCUT2D eigenvalue weighted by Gasteiger charge is 2.11. The van der Waals surface area contributed by atoms with Crippen LogP contribution in [0.25, 0.3) is 11.3 Å². The van der Waals surface area contributed by atoms with Crippen LogP contribution in [0, 0.1) is 6.92 Å². The number of amides is 1. The van der Waals surface area contributed by atoms with E-state index in [9.17, 15) is 4.79 Å². The van der Waals surface area contributed by atoms with E-state index in [1.54, 1.807) is 18.6 Å². The predicted molar refractivity (Wildman–Crippen MR) is 149 cm³/mol. The van der Waals surface area contributed by atoms with Gasteiger partial charge < -0.3 is 15.4 Å². The van der Waals surface area contributed by atoms with Gasteiger partial charge in [-0.25, -0.2) is 9.97 Å². The number of hydrogen-bond donors (Lipinski definition) is 2. The van der Waals surface area contributed by atoms with Crippen LogP contribution in [0.1, 0.15) is 30.4 Å². The van der Waals surface area contributed by atoms with Crippen molar-refractivity contribution in [3.8, 4) is 17.0 Å². The second kappa shape index (κ2) is 12.3. The zero-order chi connectivity index (χ0) is 26.2. The predicted octanol–water partition coefficient (Wildman–Crippen LogP) is 5.59. The van der Waals surface area contributed by atoms with Crippen molar-refractivity contribution in [2.45, 2.75) is 32.7 Å². The van der Waals surface area contributed by atoms with Crippen molar-refractivity contribution < 1.29 is 9.53 Å². The number of nitrogens with zero attached hydrogens (tertiary/aromatic N) is 4. The largest absolute Gasteiger partial charge is 0.484 e. The second-order valence-electron chi connectivity index (χ2n) is 9.48. The number of nitrogens with one attached hydrogen (secondary N) is 2. The average molecular weight is 509 g/mol. The molecule has 8 nitrogen and oxygen atoms in total. The number of carbonyl (C=O) groups is 1. The highest BCUT2D eigenvalue weighted by Crippen LogP contribution is 2.24. The lowest BCUT2D eigenvalue weighted by Gasteiger charge is -2.26. The number of likely N-dealkylation sites (tertiary alicyclic amines) is 1. The Balaban J connectivity index is 1.15. The molecule has 0 radical (unpaired) electrons. The Bertz CT molecular complexity index is 1360. The van der Waals surface area contributed by atoms with Gasteiger partial charge in [-0.1, -0.05) is 24.6 Å². The summed E-state index contributed by atoms with van der Waals surface area (Å²) in [6.07, 6.45) is 9.09. The van der Waals surface area contributed by atoms with Crippen molar-refractivity contribution in [2.24, 2.45) is 0 Å². The maximum Gasteiger partial charge on any atom is 0.262 e. The van der Waals surface area contributed by atoms with E-state index in [-0.39, 0.29) is 12.5 Å². The van der Waals surface area contributed by atoms with E-state index in [0.29, 0.717) is 17.4 Å². The number of aromatic nitrogens is 3. The lowest BCUT2D eigenvalue weighted by molar-refractivity contribution is -0.118. The lowest BCUT2D eigenvalue weighted by atomic mass is 10.1. The van der Waals surface area contributed by atoms with Gasteiger partial charge in [-0.15, -0.1) is 0 Å². The zero-order valence-electron chi connectivity index (χ0n) is 21.6. The summed E-state index contributed by atoms with van der Waals surface area (Å²) in [7, 11) is 0. The molecule has 2 N–H and O–H groups in total. The number of piperidine rings is 1. The molecule has 0 unspecified atom stereocenters. The number of rotatable bonds is 9. The minimum atomic E-state index is -0.230. The van der Waals surface area contributed by atoms with Crippen molar-refractivity contribution in [1.29, 1.82) is 0 Å². The first-order chi connectivity index (χ1) is 18.6. The molecule has 2 aromatic carbocycles. The Morgan fingerprint density at radius 2 is 1.84 bits per heavy atom. The van der Waals surface area contributed by atoms with Crippen LogP contribution < -0.4 is 15.4 Å². The molecule has 194 valence electrons. The molecular weight excluding hydrogens is 476 g/mol. The Morgan fingerprint density at radius 1 is 1.00 bits per heavy atom. The van der Waals surface area contributed by atoms with Crippen LogP contribution in [0.4, 0.5) is 17.3 Å². The molecule has 1 saturated heterocycles. The second-order valence-corrected chi connectivity index (χ2v) is 9.48. The number of ether oxygens (including phenoxy) is 1. The van der Waals surface area contributed by atoms with Gasteiger partial charge in [-0.2, -0.15) is 0 Å². The molecule has 1 fully saturated rings. The van der Waals surface area contributed by atoms with Gasteiger partial charge in [0.1, 0.15) is 5.75 Å². The number of hydrogen-bond acceptors (Lipinski definition) is 7. The van der Waals surface area contributed by atoms with Gasteiger partial charge in [0.05, 0.1) is 5.69 Å². The lowest BCUT2D eigenvalue weighted by Crippen LogP contribution is -2.29. The topological polar surface area (TPSA) is 92.3 Å². The molecule has 1 aliphatic rings. The van der Waals surface area contributed by atoms with E-state index in [4.69, 9.17) is 4.74 Å². The highest BCUT2D eigenvalue weighted by molar-refractivity contribution is 5.92. The summed E-state index contributed by atoms with van der Waals surface area (Å²) < 4.78 is 5.72. The maximum atomic E-state index is 12.6. The molecule has 1 amide bonds. The summed E-state index contributed by atoms with van der Waals surface area (Å²) in [6.45, 7) is 5.21. The molecule has 38 heavy (non-hydrogen) atoms. The van der Waals surface area contributed by atoms with Crippen LogP contribution in [0.5, 0.6) is 5.75 Å². The van der Waals surface area contributed by atoms with E-state index in [0.717, 1.165) is 29.1 Å². The number of benzene rings is 2. The summed E-state index contributed by atoms with van der Waals surface area (Å²) in [6, 6.07) is 19.3. The molecule has 4 aromatic rings. The number of carbonyl (C=O) groups excluding carboxylic acids is 1. The minimum absolute atomic E-state index is 0.0711. The first-order valence-electron chi connectivity index (χ1n) is 13.0. The summed E-state index contributed by atoms with van der Waals surface area (Å²) in [5.74, 6) is 0.913. The van der Waals surface area contributed by atoms with Crippen molar-refractivity contribution in [1.82, 2.24) is 19.9 Å². The molecule has 8 heteroatoms. The summed E-state index contributed by atoms with van der Waals surface area (Å²) in [4.78, 5) is 28.2. The summed E-state index contributed by atoms with van der Waals surface area (Å²) in [5.41, 5.74) is 5.41. The molecule has 0 atom stereocenters. The molecule has 2 aromatic heterocycles. The van der Waals surface area contributed by atoms with Crippen LogP contribution in [-0.4, -0.2) is 45.5 Å². The Morgan fingerprint density at radius 3 is 2.63 bits per heavy atom. The van der Waals surface area contributed by atoms with Gasteiger partial charge >= 0.3 is 0 Å². The molecule has 0 saturated carbocycles. The zero-order valence-corrected chi connectivity index (χ0v) is 21.6. The van der Waals surface area contributed by atoms with Gasteiger partial charge in [0.15, 0.2) is 6.61 Å². The van der Waals surface area contributed by atoms with Crippen LogP contribution in [0.15, 0.2) is 79.3 Å². The van der Waals surface area contributed by atoms with E-state index < -0.39 is 0 Å². The van der Waals surface area contributed by atoms with Gasteiger partial charge in [0, 0.05) is 42.1 Å². The van der Waals surface area contributed by atoms with Crippen molar-refractivity contribution in [3.63, 3.8) is 0 Å². The Kier molecular flexibility index (Phi) is 8.20. The van der Waals surface area contributed by atoms with Crippen LogP contribution in [-0.2, 0) is 11.3 Å². The van der Waals surface area contributed by atoms with Crippen LogP contribution >= 0.6 is 0 Å². The molecule has 3 heterocycles. The Labute approximate surface area is 223 Å². The van der Waals surface area contributed by atoms with Gasteiger partial charge in [0.2, 0.25) is 5.95 Å². The first-order valence-corrected chi connectivity index (χ1v) is 13.0. The van der Waals surface area contributed by atoms with Crippen molar-refractivity contribution >= 4 is 23.2 Å². The SMILES string of the molecule is Cc1ccc(NC(=O)COc2ccc(CN3CCCCC3)cc2)cc1Nc1nccc(-c2cccnc2)n1. The van der Waals surface area contributed by atoms with Crippen LogP contribution in [0.2, 0.25) is 0 Å². The fraction of sp³-hybridized carbons (Fsp3) is 0.267. The standard InChI is InChI=1S/C30H32N6O2/c1-22-7-10-25(18-28(22)35-30-32-15-13-27(34-30)24-6-5-14-31-19-24)33-29(37)21-38-26-11-8-23(9-12-26)20-36-16-3-2-4-17-36/h5-15,18-19H,2-4,16-17,20-21H2,1H3,(H,33,37)(H,32,34,35). The van der Waals surface area contributed by atoms with E-state index in [1.165, 1.54) is 37.9 Å². The van der Waals surface area contributed by atoms with Crippen LogP contribution in [0.3, 0.4) is 0 Å². The first kappa shape index (κ1) is 25.4. The fourth-order valence-corrected chi connectivity index (χ4v) is 4.46. The molecule has 1 aliphatic heterocycles. The maximum absolute atomic E-state index is 12.6. The molecular formula is C30H32N6O2. The number of anilines is 3. The fourth-order valence-electron chi connectivity index (χ4n) is 4.46. The minimum Gasteiger partial charge on any atom is -0.484 e.